The molecule has 0 unspecified atom stereocenters. The van der Waals surface area contributed by atoms with Crippen molar-refractivity contribution < 1.29 is 23.4 Å². The van der Waals surface area contributed by atoms with E-state index in [9.17, 15) is 13.2 Å². The van der Waals surface area contributed by atoms with Crippen molar-refractivity contribution in [3.63, 3.8) is 0 Å². The fraction of sp³-hybridized carbons (Fsp3) is 0.154. The molecule has 1 aromatic heterocycles. The Labute approximate surface area is 125 Å². The van der Waals surface area contributed by atoms with Crippen molar-refractivity contribution in [2.75, 3.05) is 0 Å². The largest absolute Gasteiger partial charge is 0.477 e. The van der Waals surface area contributed by atoms with Gasteiger partial charge in [0.1, 0.15) is 4.88 Å². The number of sulfonamides is 1. The third-order valence-corrected chi connectivity index (χ3v) is 5.18. The topological polar surface area (TPSA) is 104 Å². The van der Waals surface area contributed by atoms with Crippen molar-refractivity contribution in [1.82, 2.24) is 4.72 Å². The average Bonchev–Trinajstić information content (AvgIpc) is 2.96. The number of aliphatic hydroxyl groups is 1. The Morgan fingerprint density at radius 1 is 1.24 bits per heavy atom. The number of carboxylic acid groups (broad SMARTS) is 1. The Hall–Kier alpha value is -1.74. The molecule has 1 heterocycles. The van der Waals surface area contributed by atoms with Gasteiger partial charge in [0, 0.05) is 11.9 Å². The van der Waals surface area contributed by atoms with Crippen LogP contribution in [-0.2, 0) is 23.2 Å². The molecule has 0 saturated carbocycles. The number of aliphatic hydroxyl groups excluding tert-OH is 1. The highest BCUT2D eigenvalue weighted by Gasteiger charge is 2.18. The standard InChI is InChI=1S/C13H13NO5S2/c15-7-10-3-1-2-9(4-10)6-14-21(18,19)11-5-12(13(16)17)20-8-11/h1-5,8,14-15H,6-7H2,(H,16,17). The fourth-order valence-corrected chi connectivity index (χ4v) is 3.80. The van der Waals surface area contributed by atoms with Gasteiger partial charge in [-0.15, -0.1) is 11.3 Å². The van der Waals surface area contributed by atoms with Gasteiger partial charge in [-0.05, 0) is 17.2 Å². The highest BCUT2D eigenvalue weighted by atomic mass is 32.2. The molecule has 0 aliphatic heterocycles. The van der Waals surface area contributed by atoms with Gasteiger partial charge in [-0.3, -0.25) is 0 Å². The zero-order valence-electron chi connectivity index (χ0n) is 10.8. The predicted octanol–water partition coefficient (Wildman–Crippen LogP) is 1.42. The normalized spacial score (nSPS) is 11.5. The molecule has 0 saturated heterocycles. The molecule has 0 bridgehead atoms. The predicted molar refractivity (Wildman–Crippen MR) is 77.7 cm³/mol. The van der Waals surface area contributed by atoms with Crippen molar-refractivity contribution in [2.24, 2.45) is 0 Å². The van der Waals surface area contributed by atoms with Gasteiger partial charge in [0.2, 0.25) is 10.0 Å². The third kappa shape index (κ3) is 3.88. The molecular formula is C13H13NO5S2. The SMILES string of the molecule is O=C(O)c1cc(S(=O)(=O)NCc2cccc(CO)c2)cs1. The number of carbonyl (C=O) groups is 1. The maximum absolute atomic E-state index is 12.0. The van der Waals surface area contributed by atoms with Gasteiger partial charge in [0.15, 0.2) is 0 Å². The first kappa shape index (κ1) is 15.6. The molecular weight excluding hydrogens is 314 g/mol. The molecule has 0 amide bonds. The summed E-state index contributed by atoms with van der Waals surface area (Å²) in [5.74, 6) is -1.16. The lowest BCUT2D eigenvalue weighted by molar-refractivity contribution is 0.0702. The highest BCUT2D eigenvalue weighted by molar-refractivity contribution is 7.89. The minimum absolute atomic E-state index is 0.0300. The number of thiophene rings is 1. The number of aromatic carboxylic acids is 1. The van der Waals surface area contributed by atoms with E-state index in [-0.39, 0.29) is 22.9 Å². The highest BCUT2D eigenvalue weighted by Crippen LogP contribution is 2.19. The molecule has 6 nitrogen and oxygen atoms in total. The first-order valence-electron chi connectivity index (χ1n) is 5.92. The van der Waals surface area contributed by atoms with Gasteiger partial charge in [0.25, 0.3) is 0 Å². The lowest BCUT2D eigenvalue weighted by atomic mass is 10.1. The summed E-state index contributed by atoms with van der Waals surface area (Å²) in [5.41, 5.74) is 1.40. The Balaban J connectivity index is 2.11. The number of rotatable bonds is 6. The summed E-state index contributed by atoms with van der Waals surface area (Å²) >= 11 is 0.860. The van der Waals surface area contributed by atoms with Crippen LogP contribution in [0.4, 0.5) is 0 Å². The van der Waals surface area contributed by atoms with Crippen LogP contribution < -0.4 is 4.72 Å². The monoisotopic (exact) mass is 327 g/mol. The van der Waals surface area contributed by atoms with E-state index >= 15 is 0 Å². The number of hydrogen-bond acceptors (Lipinski definition) is 5. The zero-order chi connectivity index (χ0) is 15.5. The minimum atomic E-state index is -3.76. The Bertz CT molecular complexity index is 751. The van der Waals surface area contributed by atoms with Gasteiger partial charge in [-0.25, -0.2) is 17.9 Å². The summed E-state index contributed by atoms with van der Waals surface area (Å²) in [7, 11) is -3.76. The van der Waals surface area contributed by atoms with Crippen LogP contribution >= 0.6 is 11.3 Å². The van der Waals surface area contributed by atoms with Crippen molar-refractivity contribution >= 4 is 27.3 Å². The van der Waals surface area contributed by atoms with Crippen LogP contribution in [0.2, 0.25) is 0 Å². The first-order chi connectivity index (χ1) is 9.92. The number of carboxylic acids is 1. The molecule has 3 N–H and O–H groups in total. The van der Waals surface area contributed by atoms with Crippen molar-refractivity contribution in [1.29, 1.82) is 0 Å². The maximum Gasteiger partial charge on any atom is 0.345 e. The van der Waals surface area contributed by atoms with E-state index in [1.54, 1.807) is 24.3 Å². The molecule has 8 heteroatoms. The van der Waals surface area contributed by atoms with E-state index in [4.69, 9.17) is 10.2 Å². The van der Waals surface area contributed by atoms with Crippen LogP contribution in [0.5, 0.6) is 0 Å². The molecule has 2 aromatic rings. The quantitative estimate of drug-likeness (QED) is 0.744. The van der Waals surface area contributed by atoms with Crippen LogP contribution in [0.15, 0.2) is 40.6 Å². The zero-order valence-corrected chi connectivity index (χ0v) is 12.4. The molecule has 0 aliphatic carbocycles. The number of nitrogens with one attached hydrogen (secondary N) is 1. The third-order valence-electron chi connectivity index (χ3n) is 2.74. The van der Waals surface area contributed by atoms with Crippen molar-refractivity contribution in [3.05, 3.63) is 51.7 Å². The molecule has 0 radical (unpaired) electrons. The van der Waals surface area contributed by atoms with Crippen LogP contribution in [0.1, 0.15) is 20.8 Å². The summed E-state index contributed by atoms with van der Waals surface area (Å²) in [4.78, 5) is 10.7. The van der Waals surface area contributed by atoms with Crippen molar-refractivity contribution in [2.45, 2.75) is 18.0 Å². The Kier molecular flexibility index (Phi) is 4.73. The van der Waals surface area contributed by atoms with Gasteiger partial charge in [0.05, 0.1) is 11.5 Å². The molecule has 112 valence electrons. The second-order valence-electron chi connectivity index (χ2n) is 4.25. The summed E-state index contributed by atoms with van der Waals surface area (Å²) in [6.45, 7) is -0.0541. The van der Waals surface area contributed by atoms with E-state index in [1.165, 1.54) is 5.38 Å². The molecule has 0 spiro atoms. The van der Waals surface area contributed by atoms with Crippen molar-refractivity contribution in [3.8, 4) is 0 Å². The summed E-state index contributed by atoms with van der Waals surface area (Å²) in [6, 6.07) is 8.01. The average molecular weight is 327 g/mol. The smallest absolute Gasteiger partial charge is 0.345 e. The van der Waals surface area contributed by atoms with Crippen LogP contribution in [-0.4, -0.2) is 24.6 Å². The molecule has 2 rings (SSSR count). The molecule has 1 aromatic carbocycles. The van der Waals surface area contributed by atoms with E-state index < -0.39 is 16.0 Å². The van der Waals surface area contributed by atoms with Gasteiger partial charge >= 0.3 is 5.97 Å². The Morgan fingerprint density at radius 3 is 2.57 bits per heavy atom. The summed E-state index contributed by atoms with van der Waals surface area (Å²) in [6.07, 6.45) is 0. The summed E-state index contributed by atoms with van der Waals surface area (Å²) in [5, 5.41) is 19.1. The van der Waals surface area contributed by atoms with E-state index in [0.29, 0.717) is 11.1 Å². The lowest BCUT2D eigenvalue weighted by Gasteiger charge is -2.06. The first-order valence-corrected chi connectivity index (χ1v) is 8.29. The number of benzene rings is 1. The van der Waals surface area contributed by atoms with Crippen LogP contribution in [0.25, 0.3) is 0 Å². The second-order valence-corrected chi connectivity index (χ2v) is 6.93. The van der Waals surface area contributed by atoms with Gasteiger partial charge in [-0.2, -0.15) is 0 Å². The van der Waals surface area contributed by atoms with Crippen LogP contribution in [0, 0.1) is 0 Å². The van der Waals surface area contributed by atoms with E-state index in [2.05, 4.69) is 4.72 Å². The molecule has 0 aliphatic rings. The van der Waals surface area contributed by atoms with Gasteiger partial charge in [-0.1, -0.05) is 24.3 Å². The van der Waals surface area contributed by atoms with Crippen LogP contribution in [0.3, 0.4) is 0 Å². The van der Waals surface area contributed by atoms with E-state index in [0.717, 1.165) is 17.4 Å². The summed E-state index contributed by atoms with van der Waals surface area (Å²) < 4.78 is 26.5. The fourth-order valence-electron chi connectivity index (χ4n) is 1.67. The number of hydrogen-bond donors (Lipinski definition) is 3. The lowest BCUT2D eigenvalue weighted by Crippen LogP contribution is -2.22. The minimum Gasteiger partial charge on any atom is -0.477 e. The molecule has 0 fully saturated rings. The maximum atomic E-state index is 12.0. The second kappa shape index (κ2) is 6.35. The Morgan fingerprint density at radius 2 is 1.95 bits per heavy atom. The molecule has 0 atom stereocenters. The van der Waals surface area contributed by atoms with E-state index in [1.807, 2.05) is 0 Å². The van der Waals surface area contributed by atoms with Gasteiger partial charge < -0.3 is 10.2 Å². The molecule has 21 heavy (non-hydrogen) atoms.